The monoisotopic (exact) mass is 436 g/mol. The lowest BCUT2D eigenvalue weighted by Gasteiger charge is -2.37. The van der Waals surface area contributed by atoms with Crippen molar-refractivity contribution < 1.29 is 22.7 Å². The molecule has 1 amide bonds. The summed E-state index contributed by atoms with van der Waals surface area (Å²) >= 11 is 0. The molecule has 0 spiro atoms. The van der Waals surface area contributed by atoms with Crippen molar-refractivity contribution in [2.75, 3.05) is 20.2 Å². The Morgan fingerprint density at radius 2 is 1.53 bits per heavy atom. The third-order valence-corrected chi connectivity index (χ3v) is 8.47. The van der Waals surface area contributed by atoms with E-state index in [0.717, 1.165) is 25.7 Å². The Kier molecular flexibility index (Phi) is 6.87. The molecule has 1 heterocycles. The van der Waals surface area contributed by atoms with Crippen LogP contribution in [0.25, 0.3) is 0 Å². The Morgan fingerprint density at radius 3 is 2.07 bits per heavy atom. The van der Waals surface area contributed by atoms with Crippen LogP contribution in [0.5, 0.6) is 0 Å². The summed E-state index contributed by atoms with van der Waals surface area (Å²) in [6.45, 7) is 5.30. The van der Waals surface area contributed by atoms with Crippen molar-refractivity contribution in [2.45, 2.75) is 62.8 Å². The number of amides is 1. The van der Waals surface area contributed by atoms with Gasteiger partial charge in [-0.25, -0.2) is 13.2 Å². The largest absolute Gasteiger partial charge is 0.467 e. The molecule has 0 unspecified atom stereocenters. The molecule has 1 aromatic rings. The van der Waals surface area contributed by atoms with Crippen molar-refractivity contribution in [3.8, 4) is 0 Å². The second kappa shape index (κ2) is 9.06. The zero-order chi connectivity index (χ0) is 21.9. The van der Waals surface area contributed by atoms with Gasteiger partial charge >= 0.3 is 5.97 Å². The Hall–Kier alpha value is -1.93. The summed E-state index contributed by atoms with van der Waals surface area (Å²) in [4.78, 5) is 25.4. The maximum Gasteiger partial charge on any atom is 0.331 e. The van der Waals surface area contributed by atoms with Crippen LogP contribution in [0, 0.1) is 11.8 Å². The molecule has 8 heteroatoms. The first-order chi connectivity index (χ1) is 14.2. The number of hydrogen-bond acceptors (Lipinski definition) is 5. The van der Waals surface area contributed by atoms with Gasteiger partial charge < -0.3 is 10.1 Å². The number of ether oxygens (including phenoxy) is 1. The summed E-state index contributed by atoms with van der Waals surface area (Å²) in [5.74, 6) is 0.210. The Labute approximate surface area is 179 Å². The van der Waals surface area contributed by atoms with Gasteiger partial charge in [-0.15, -0.1) is 0 Å². The molecule has 2 fully saturated rings. The summed E-state index contributed by atoms with van der Waals surface area (Å²) in [6, 6.07) is 5.95. The fraction of sp³-hybridized carbons (Fsp3) is 0.636. The zero-order valence-corrected chi connectivity index (χ0v) is 18.8. The number of piperidine rings is 1. The lowest BCUT2D eigenvalue weighted by atomic mass is 9.77. The zero-order valence-electron chi connectivity index (χ0n) is 18.0. The van der Waals surface area contributed by atoms with Gasteiger partial charge in [-0.05, 0) is 74.6 Å². The summed E-state index contributed by atoms with van der Waals surface area (Å²) in [5.41, 5.74) is -0.698. The number of nitrogens with zero attached hydrogens (tertiary/aromatic N) is 1. The van der Waals surface area contributed by atoms with E-state index in [1.54, 1.807) is 0 Å². The molecule has 1 saturated heterocycles. The van der Waals surface area contributed by atoms with E-state index in [2.05, 4.69) is 19.2 Å². The number of nitrogens with one attached hydrogen (secondary N) is 1. The van der Waals surface area contributed by atoms with E-state index in [-0.39, 0.29) is 4.90 Å². The maximum atomic E-state index is 12.9. The van der Waals surface area contributed by atoms with Crippen LogP contribution in [0.15, 0.2) is 29.2 Å². The van der Waals surface area contributed by atoms with Gasteiger partial charge in [0.05, 0.1) is 12.0 Å². The van der Waals surface area contributed by atoms with Gasteiger partial charge in [-0.1, -0.05) is 13.8 Å². The highest BCUT2D eigenvalue weighted by molar-refractivity contribution is 7.89. The van der Waals surface area contributed by atoms with Crippen LogP contribution >= 0.6 is 0 Å². The Bertz CT molecular complexity index is 865. The third-order valence-electron chi connectivity index (χ3n) is 6.55. The molecule has 30 heavy (non-hydrogen) atoms. The molecule has 1 N–H and O–H groups in total. The smallest absolute Gasteiger partial charge is 0.331 e. The van der Waals surface area contributed by atoms with Crippen molar-refractivity contribution in [3.63, 3.8) is 0 Å². The Morgan fingerprint density at radius 1 is 1.00 bits per heavy atom. The molecular weight excluding hydrogens is 404 g/mol. The van der Waals surface area contributed by atoms with E-state index in [1.807, 2.05) is 0 Å². The van der Waals surface area contributed by atoms with Crippen molar-refractivity contribution in [2.24, 2.45) is 11.8 Å². The lowest BCUT2D eigenvalue weighted by Crippen LogP contribution is -2.56. The number of carbonyl (C=O) groups excluding carboxylic acids is 2. The van der Waals surface area contributed by atoms with E-state index in [1.165, 1.54) is 35.7 Å². The van der Waals surface area contributed by atoms with Gasteiger partial charge in [0.2, 0.25) is 10.0 Å². The van der Waals surface area contributed by atoms with Crippen LogP contribution in [0.2, 0.25) is 0 Å². The van der Waals surface area contributed by atoms with Gasteiger partial charge in [0, 0.05) is 18.7 Å². The molecule has 0 atom stereocenters. The lowest BCUT2D eigenvalue weighted by molar-refractivity contribution is -0.150. The molecule has 0 aromatic heterocycles. The minimum atomic E-state index is -3.56. The number of carbonyl (C=O) groups is 2. The number of hydrogen-bond donors (Lipinski definition) is 1. The molecule has 2 aliphatic rings. The molecule has 0 radical (unpaired) electrons. The predicted octanol–water partition coefficient (Wildman–Crippen LogP) is 2.96. The van der Waals surface area contributed by atoms with E-state index in [0.29, 0.717) is 43.3 Å². The summed E-state index contributed by atoms with van der Waals surface area (Å²) in [5, 5.41) is 2.87. The fourth-order valence-electron chi connectivity index (χ4n) is 4.27. The van der Waals surface area contributed by atoms with Crippen LogP contribution < -0.4 is 5.32 Å². The predicted molar refractivity (Wildman–Crippen MR) is 113 cm³/mol. The normalized spacial score (nSPS) is 26.2. The molecule has 7 nitrogen and oxygen atoms in total. The molecule has 1 saturated carbocycles. The first-order valence-corrected chi connectivity index (χ1v) is 12.1. The molecule has 1 aliphatic heterocycles. The van der Waals surface area contributed by atoms with Gasteiger partial charge in [0.15, 0.2) is 0 Å². The molecule has 166 valence electrons. The SMILES string of the molecule is COC(=O)C1(NC(=O)c2ccc(S(=O)(=O)N3CCC(C)CC3)cc2)CCC(C)CC1. The van der Waals surface area contributed by atoms with E-state index in [4.69, 9.17) is 4.74 Å². The number of rotatable bonds is 5. The number of benzene rings is 1. The summed E-state index contributed by atoms with van der Waals surface area (Å²) in [7, 11) is -2.23. The first-order valence-electron chi connectivity index (χ1n) is 10.7. The molecule has 1 aromatic carbocycles. The van der Waals surface area contributed by atoms with Crippen LogP contribution in [0.1, 0.15) is 62.7 Å². The van der Waals surface area contributed by atoms with Crippen molar-refractivity contribution >= 4 is 21.9 Å². The fourth-order valence-corrected chi connectivity index (χ4v) is 5.74. The topological polar surface area (TPSA) is 92.8 Å². The average Bonchev–Trinajstić information content (AvgIpc) is 2.75. The van der Waals surface area contributed by atoms with Crippen molar-refractivity contribution in [1.82, 2.24) is 9.62 Å². The second-order valence-electron chi connectivity index (χ2n) is 8.82. The summed E-state index contributed by atoms with van der Waals surface area (Å²) in [6.07, 6.45) is 4.45. The molecule has 1 aliphatic carbocycles. The maximum absolute atomic E-state index is 12.9. The van der Waals surface area contributed by atoms with Crippen molar-refractivity contribution in [3.05, 3.63) is 29.8 Å². The third kappa shape index (κ3) is 4.70. The highest BCUT2D eigenvalue weighted by atomic mass is 32.2. The van der Waals surface area contributed by atoms with Crippen LogP contribution in [0.3, 0.4) is 0 Å². The van der Waals surface area contributed by atoms with Crippen LogP contribution in [-0.4, -0.2) is 50.3 Å². The average molecular weight is 437 g/mol. The Balaban J connectivity index is 1.73. The van der Waals surface area contributed by atoms with Crippen LogP contribution in [-0.2, 0) is 19.6 Å². The van der Waals surface area contributed by atoms with Gasteiger partial charge in [0.1, 0.15) is 5.54 Å². The minimum absolute atomic E-state index is 0.183. The van der Waals surface area contributed by atoms with Gasteiger partial charge in [-0.3, -0.25) is 4.79 Å². The second-order valence-corrected chi connectivity index (χ2v) is 10.8. The molecule has 3 rings (SSSR count). The van der Waals surface area contributed by atoms with Gasteiger partial charge in [-0.2, -0.15) is 4.31 Å². The highest BCUT2D eigenvalue weighted by Gasteiger charge is 2.43. The van der Waals surface area contributed by atoms with E-state index >= 15 is 0 Å². The van der Waals surface area contributed by atoms with Crippen LogP contribution in [0.4, 0.5) is 0 Å². The first kappa shape index (κ1) is 22.7. The summed E-state index contributed by atoms with van der Waals surface area (Å²) < 4.78 is 32.2. The van der Waals surface area contributed by atoms with E-state index < -0.39 is 27.4 Å². The standard InChI is InChI=1S/C22H32N2O5S/c1-16-8-12-22(13-9-16,21(26)29-3)23-20(25)18-4-6-19(7-5-18)30(27,28)24-14-10-17(2)11-15-24/h4-7,16-17H,8-15H2,1-3H3,(H,23,25). The molecular formula is C22H32N2O5S. The van der Waals surface area contributed by atoms with Crippen molar-refractivity contribution in [1.29, 1.82) is 0 Å². The highest BCUT2D eigenvalue weighted by Crippen LogP contribution is 2.33. The van der Waals surface area contributed by atoms with Gasteiger partial charge in [0.25, 0.3) is 5.91 Å². The minimum Gasteiger partial charge on any atom is -0.467 e. The number of esters is 1. The number of methoxy groups -OCH3 is 1. The quantitative estimate of drug-likeness (QED) is 0.717. The molecule has 0 bridgehead atoms. The number of sulfonamides is 1. The van der Waals surface area contributed by atoms with E-state index in [9.17, 15) is 18.0 Å².